The first-order valence-corrected chi connectivity index (χ1v) is 8.52. The third kappa shape index (κ3) is 1.85. The number of fused-ring (bicyclic) bond motifs is 2. The van der Waals surface area contributed by atoms with E-state index in [0.29, 0.717) is 6.10 Å². The van der Waals surface area contributed by atoms with Crippen LogP contribution in [-0.4, -0.2) is 23.7 Å². The average Bonchev–Trinajstić information content (AvgIpc) is 2.85. The van der Waals surface area contributed by atoms with Gasteiger partial charge in [-0.3, -0.25) is 0 Å². The lowest BCUT2D eigenvalue weighted by Gasteiger charge is -2.29. The summed E-state index contributed by atoms with van der Waals surface area (Å²) in [5.74, 6) is 1.72. The third-order valence-corrected chi connectivity index (χ3v) is 8.02. The van der Waals surface area contributed by atoms with E-state index in [2.05, 4.69) is 21.6 Å². The molecule has 15 heavy (non-hydrogen) atoms. The Kier molecular flexibility index (Phi) is 3.24. The van der Waals surface area contributed by atoms with Crippen molar-refractivity contribution in [3.63, 3.8) is 0 Å². The molecule has 0 N–H and O–H groups in total. The lowest BCUT2D eigenvalue weighted by molar-refractivity contribution is 0.0139. The molecule has 3 heteroatoms. The Hall–Kier alpha value is 0.660. The molecule has 0 aromatic rings. The van der Waals surface area contributed by atoms with E-state index in [0.717, 1.165) is 22.3 Å². The van der Waals surface area contributed by atoms with Crippen molar-refractivity contribution in [2.45, 2.75) is 55.1 Å². The van der Waals surface area contributed by atoms with Crippen molar-refractivity contribution in [1.29, 1.82) is 0 Å². The van der Waals surface area contributed by atoms with Crippen molar-refractivity contribution in [3.05, 3.63) is 0 Å². The van der Waals surface area contributed by atoms with E-state index in [1.165, 1.54) is 38.5 Å². The summed E-state index contributed by atoms with van der Waals surface area (Å²) in [6, 6.07) is 0. The molecule has 1 aliphatic heterocycles. The van der Waals surface area contributed by atoms with E-state index in [1.54, 1.807) is 0 Å². The normalized spacial score (nSPS) is 49.8. The third-order valence-electron chi connectivity index (χ3n) is 4.43. The number of hydrogen-bond donors (Lipinski definition) is 0. The second-order valence-corrected chi connectivity index (χ2v) is 7.91. The zero-order chi connectivity index (χ0) is 10.3. The quantitative estimate of drug-likeness (QED) is 0.650. The second-order valence-electron chi connectivity index (χ2n) is 5.16. The minimum absolute atomic E-state index is 0.576. The zero-order valence-corrected chi connectivity index (χ0v) is 11.0. The van der Waals surface area contributed by atoms with Crippen LogP contribution in [0.4, 0.5) is 0 Å². The van der Waals surface area contributed by atoms with Crippen molar-refractivity contribution in [2.24, 2.45) is 11.8 Å². The highest BCUT2D eigenvalue weighted by Gasteiger charge is 2.46. The zero-order valence-electron chi connectivity index (χ0n) is 9.35. The van der Waals surface area contributed by atoms with E-state index < -0.39 is 0 Å². The van der Waals surface area contributed by atoms with Crippen LogP contribution in [0.2, 0.25) is 0 Å². The summed E-state index contributed by atoms with van der Waals surface area (Å²) in [6.45, 7) is 0. The van der Waals surface area contributed by atoms with Crippen molar-refractivity contribution >= 4 is 21.6 Å². The largest absolute Gasteiger partial charge is 0.381 e. The van der Waals surface area contributed by atoms with E-state index in [4.69, 9.17) is 4.74 Å². The molecule has 2 saturated carbocycles. The van der Waals surface area contributed by atoms with Crippen molar-refractivity contribution in [3.8, 4) is 0 Å². The van der Waals surface area contributed by atoms with Gasteiger partial charge in [-0.25, -0.2) is 0 Å². The first kappa shape index (κ1) is 10.8. The smallest absolute Gasteiger partial charge is 0.0649 e. The molecular formula is C12H20OS2. The van der Waals surface area contributed by atoms with E-state index in [9.17, 15) is 0 Å². The predicted octanol–water partition coefficient (Wildman–Crippen LogP) is 3.73. The van der Waals surface area contributed by atoms with Gasteiger partial charge in [-0.15, -0.1) is 0 Å². The van der Waals surface area contributed by atoms with Gasteiger partial charge in [0.25, 0.3) is 0 Å². The molecule has 2 aliphatic carbocycles. The number of hydrogen-bond acceptors (Lipinski definition) is 3. The summed E-state index contributed by atoms with van der Waals surface area (Å²) >= 11 is 0. The fourth-order valence-corrected chi connectivity index (χ4v) is 7.68. The summed E-state index contributed by atoms with van der Waals surface area (Å²) in [5, 5.41) is 1.79. The van der Waals surface area contributed by atoms with E-state index in [1.807, 2.05) is 7.11 Å². The average molecular weight is 244 g/mol. The van der Waals surface area contributed by atoms with Crippen LogP contribution in [0.25, 0.3) is 0 Å². The second kappa shape index (κ2) is 4.50. The molecule has 0 spiro atoms. The molecule has 1 heterocycles. The Morgan fingerprint density at radius 1 is 0.867 bits per heavy atom. The van der Waals surface area contributed by atoms with Crippen molar-refractivity contribution < 1.29 is 4.74 Å². The summed E-state index contributed by atoms with van der Waals surface area (Å²) in [6.07, 6.45) is 9.14. The van der Waals surface area contributed by atoms with Gasteiger partial charge in [0.2, 0.25) is 0 Å². The van der Waals surface area contributed by atoms with Gasteiger partial charge in [-0.1, -0.05) is 34.4 Å². The number of rotatable bonds is 1. The highest BCUT2D eigenvalue weighted by molar-refractivity contribution is 8.77. The minimum atomic E-state index is 0.576. The topological polar surface area (TPSA) is 9.23 Å². The van der Waals surface area contributed by atoms with E-state index >= 15 is 0 Å². The standard InChI is InChI=1S/C12H20OS2/c1-13-12-8-4-2-6-10(8)14-15-11-7-3-5-9(11)12/h8-12H,2-7H2,1H3. The van der Waals surface area contributed by atoms with Gasteiger partial charge in [0.1, 0.15) is 0 Å². The summed E-state index contributed by atoms with van der Waals surface area (Å²) in [7, 11) is 6.31. The highest BCUT2D eigenvalue weighted by atomic mass is 33.1. The lowest BCUT2D eigenvalue weighted by Crippen LogP contribution is -2.34. The number of ether oxygens (including phenoxy) is 1. The number of methoxy groups -OCH3 is 1. The first-order chi connectivity index (χ1) is 7.40. The molecule has 0 aromatic carbocycles. The molecule has 0 aromatic heterocycles. The fourth-order valence-electron chi connectivity index (χ4n) is 3.71. The first-order valence-electron chi connectivity index (χ1n) is 6.25. The summed E-state index contributed by atoms with van der Waals surface area (Å²) < 4.78 is 5.87. The molecule has 3 fully saturated rings. The Morgan fingerprint density at radius 2 is 1.40 bits per heavy atom. The molecule has 86 valence electrons. The molecule has 0 bridgehead atoms. The van der Waals surface area contributed by atoms with Crippen LogP contribution in [0.15, 0.2) is 0 Å². The SMILES string of the molecule is COC1C2CCCC2SSC2CCCC21. The van der Waals surface area contributed by atoms with Gasteiger partial charge in [0, 0.05) is 17.6 Å². The lowest BCUT2D eigenvalue weighted by atomic mass is 9.88. The van der Waals surface area contributed by atoms with Gasteiger partial charge in [-0.05, 0) is 37.5 Å². The Labute approximate surface area is 100 Å². The maximum Gasteiger partial charge on any atom is 0.0649 e. The monoisotopic (exact) mass is 244 g/mol. The van der Waals surface area contributed by atoms with Crippen LogP contribution in [0.1, 0.15) is 38.5 Å². The molecule has 0 radical (unpaired) electrons. The Balaban J connectivity index is 1.83. The molecule has 0 amide bonds. The summed E-state index contributed by atoms with van der Waals surface area (Å²) in [4.78, 5) is 0. The highest BCUT2D eigenvalue weighted by Crippen LogP contribution is 2.55. The Bertz CT molecular complexity index is 212. The van der Waals surface area contributed by atoms with E-state index in [-0.39, 0.29) is 0 Å². The van der Waals surface area contributed by atoms with Gasteiger partial charge in [-0.2, -0.15) is 0 Å². The van der Waals surface area contributed by atoms with Gasteiger partial charge in [0.15, 0.2) is 0 Å². The molecule has 1 saturated heterocycles. The van der Waals surface area contributed by atoms with Crippen LogP contribution in [0.5, 0.6) is 0 Å². The van der Waals surface area contributed by atoms with Crippen LogP contribution in [-0.2, 0) is 4.74 Å². The van der Waals surface area contributed by atoms with Gasteiger partial charge < -0.3 is 4.74 Å². The van der Waals surface area contributed by atoms with Crippen LogP contribution < -0.4 is 0 Å². The molecule has 4 atom stereocenters. The maximum atomic E-state index is 5.87. The fraction of sp³-hybridized carbons (Fsp3) is 1.00. The van der Waals surface area contributed by atoms with Gasteiger partial charge >= 0.3 is 0 Å². The molecule has 3 rings (SSSR count). The van der Waals surface area contributed by atoms with Crippen molar-refractivity contribution in [2.75, 3.05) is 7.11 Å². The van der Waals surface area contributed by atoms with Gasteiger partial charge in [0.05, 0.1) is 6.10 Å². The van der Waals surface area contributed by atoms with Crippen molar-refractivity contribution in [1.82, 2.24) is 0 Å². The Morgan fingerprint density at radius 3 is 1.87 bits per heavy atom. The summed E-state index contributed by atoms with van der Waals surface area (Å²) in [5.41, 5.74) is 0. The minimum Gasteiger partial charge on any atom is -0.381 e. The van der Waals surface area contributed by atoms with Crippen LogP contribution >= 0.6 is 21.6 Å². The predicted molar refractivity (Wildman–Crippen MR) is 68.2 cm³/mol. The molecule has 4 unspecified atom stereocenters. The molecule has 3 aliphatic rings. The maximum absolute atomic E-state index is 5.87. The molecule has 1 nitrogen and oxygen atoms in total. The van der Waals surface area contributed by atoms with Crippen LogP contribution in [0.3, 0.4) is 0 Å². The van der Waals surface area contributed by atoms with Crippen LogP contribution in [0, 0.1) is 11.8 Å². The molecular weight excluding hydrogens is 224 g/mol.